The number of aliphatic hydroxyl groups is 1. The molecule has 3 nitrogen and oxygen atoms in total. The van der Waals surface area contributed by atoms with Gasteiger partial charge in [-0.05, 0) is 6.42 Å². The molecule has 1 aliphatic carbocycles. The lowest BCUT2D eigenvalue weighted by Crippen LogP contribution is -2.89. The number of alkyl halides is 23. The fourth-order valence-corrected chi connectivity index (χ4v) is 4.71. The van der Waals surface area contributed by atoms with E-state index in [2.05, 4.69) is 0 Å². The maximum atomic E-state index is 15.9. The Hall–Kier alpha value is -1.73. The number of halogens is 23. The second-order valence-corrected chi connectivity index (χ2v) is 9.97. The zero-order chi connectivity index (χ0) is 37.4. The first-order chi connectivity index (χ1) is 20.0. The van der Waals surface area contributed by atoms with E-state index in [1.165, 1.54) is 4.74 Å². The van der Waals surface area contributed by atoms with Crippen LogP contribution in [-0.4, -0.2) is 97.1 Å². The highest BCUT2D eigenvalue weighted by atomic mass is 19.4. The average molecular weight is 742 g/mol. The van der Waals surface area contributed by atoms with Crippen molar-refractivity contribution >= 4 is 0 Å². The van der Waals surface area contributed by atoms with Crippen molar-refractivity contribution in [3.8, 4) is 0 Å². The van der Waals surface area contributed by atoms with Gasteiger partial charge in [0.15, 0.2) is 5.41 Å². The van der Waals surface area contributed by atoms with Crippen LogP contribution in [0.5, 0.6) is 0 Å². The number of hydrogen-bond acceptors (Lipinski definition) is 3. The standard InChI is InChI=1S/C20H17F23O3/c1-3-9(4-21)14(30,31)10(5-22,6-23)16(34,35)13(29,17(36,37)12(28,8(2,24)25)15(9,32)33)18(38,39)46-20(42,43)19(40,41)45-11(26,27)7-44/h44H,3-7H2,1-2H3. The van der Waals surface area contributed by atoms with Crippen molar-refractivity contribution in [2.75, 3.05) is 26.6 Å². The summed E-state index contributed by atoms with van der Waals surface area (Å²) in [5.74, 6) is -40.5. The van der Waals surface area contributed by atoms with Gasteiger partial charge in [-0.25, -0.2) is 62.2 Å². The van der Waals surface area contributed by atoms with E-state index in [9.17, 15) is 57.1 Å². The molecule has 0 bridgehead atoms. The zero-order valence-corrected chi connectivity index (χ0v) is 22.0. The van der Waals surface area contributed by atoms with Crippen LogP contribution in [0.1, 0.15) is 20.3 Å². The Labute approximate surface area is 239 Å². The summed E-state index contributed by atoms with van der Waals surface area (Å²) >= 11 is 0. The zero-order valence-electron chi connectivity index (χ0n) is 22.0. The topological polar surface area (TPSA) is 38.7 Å². The Bertz CT molecular complexity index is 1090. The van der Waals surface area contributed by atoms with Crippen LogP contribution in [0.4, 0.5) is 101 Å². The van der Waals surface area contributed by atoms with Gasteiger partial charge in [-0.1, -0.05) is 6.92 Å². The summed E-state index contributed by atoms with van der Waals surface area (Å²) in [5, 5.41) is 8.07. The Morgan fingerprint density at radius 2 is 0.870 bits per heavy atom. The van der Waals surface area contributed by atoms with Crippen molar-refractivity contribution in [3.63, 3.8) is 0 Å². The van der Waals surface area contributed by atoms with Crippen LogP contribution in [0.2, 0.25) is 0 Å². The lowest BCUT2D eigenvalue weighted by Gasteiger charge is -2.62. The Morgan fingerprint density at radius 3 is 1.17 bits per heavy atom. The Balaban J connectivity index is 4.66. The fraction of sp³-hybridized carbons (Fsp3) is 1.00. The second-order valence-electron chi connectivity index (χ2n) is 9.97. The fourth-order valence-electron chi connectivity index (χ4n) is 4.71. The second kappa shape index (κ2) is 11.1. The molecule has 0 aromatic carbocycles. The first kappa shape index (κ1) is 42.3. The third-order valence-electron chi connectivity index (χ3n) is 7.49. The van der Waals surface area contributed by atoms with E-state index in [1.54, 1.807) is 0 Å². The molecule has 0 aliphatic heterocycles. The molecule has 0 aromatic heterocycles. The SMILES string of the molecule is CCC1(CF)C(F)(F)C(CF)(CF)C(F)(F)C(F)(C(F)(F)OC(F)(F)C(F)(F)OC(F)(F)CO)C(F)(F)C(F)(C(C)(F)F)C1(F)F. The predicted molar refractivity (Wildman–Crippen MR) is 100 cm³/mol. The van der Waals surface area contributed by atoms with Crippen LogP contribution < -0.4 is 0 Å². The summed E-state index contributed by atoms with van der Waals surface area (Å²) in [6, 6.07) is 0. The average Bonchev–Trinajstić information content (AvgIpc) is 2.86. The van der Waals surface area contributed by atoms with E-state index in [4.69, 9.17) is 5.11 Å². The lowest BCUT2D eigenvalue weighted by atomic mass is 9.51. The molecule has 1 fully saturated rings. The van der Waals surface area contributed by atoms with Gasteiger partial charge in [-0.2, -0.15) is 43.9 Å². The number of rotatable bonds is 12. The summed E-state index contributed by atoms with van der Waals surface area (Å²) in [6.45, 7) is -18.0. The lowest BCUT2D eigenvalue weighted by molar-refractivity contribution is -0.553. The molecule has 1 rings (SSSR count). The molecular weight excluding hydrogens is 725 g/mol. The van der Waals surface area contributed by atoms with Crippen molar-refractivity contribution in [1.29, 1.82) is 0 Å². The van der Waals surface area contributed by atoms with Gasteiger partial charge < -0.3 is 5.11 Å². The number of hydrogen-bond donors (Lipinski definition) is 1. The molecule has 3 unspecified atom stereocenters. The highest BCUT2D eigenvalue weighted by molar-refractivity contribution is 5.33. The minimum atomic E-state index is -9.25. The maximum Gasteiger partial charge on any atom is 0.453 e. The highest BCUT2D eigenvalue weighted by Crippen LogP contribution is 2.77. The largest absolute Gasteiger partial charge is 0.453 e. The van der Waals surface area contributed by atoms with Gasteiger partial charge in [0.2, 0.25) is 0 Å². The first-order valence-corrected chi connectivity index (χ1v) is 11.4. The third kappa shape index (κ3) is 4.66. The summed E-state index contributed by atoms with van der Waals surface area (Å²) in [6.07, 6.45) is -33.5. The van der Waals surface area contributed by atoms with Crippen molar-refractivity contribution in [1.82, 2.24) is 0 Å². The molecular formula is C20H17F23O3. The van der Waals surface area contributed by atoms with E-state index in [-0.39, 0.29) is 6.92 Å². The quantitative estimate of drug-likeness (QED) is 0.205. The minimum Gasteiger partial charge on any atom is -0.387 e. The van der Waals surface area contributed by atoms with E-state index in [0.717, 1.165) is 0 Å². The molecule has 26 heteroatoms. The summed E-state index contributed by atoms with van der Waals surface area (Å²) in [4.78, 5) is 0. The first-order valence-electron chi connectivity index (χ1n) is 11.4. The molecule has 0 aromatic rings. The molecule has 276 valence electrons. The maximum absolute atomic E-state index is 15.9. The van der Waals surface area contributed by atoms with E-state index in [0.29, 0.717) is 0 Å². The van der Waals surface area contributed by atoms with E-state index >= 15 is 43.9 Å². The molecule has 0 heterocycles. The van der Waals surface area contributed by atoms with Crippen molar-refractivity contribution in [2.24, 2.45) is 10.8 Å². The van der Waals surface area contributed by atoms with E-state index < -0.39 is 116 Å². The summed E-state index contributed by atoms with van der Waals surface area (Å²) in [5.41, 5.74) is -31.0. The van der Waals surface area contributed by atoms with Crippen LogP contribution in [0, 0.1) is 10.8 Å². The minimum absolute atomic E-state index is 0.347. The Morgan fingerprint density at radius 1 is 0.522 bits per heavy atom. The van der Waals surface area contributed by atoms with Crippen molar-refractivity contribution < 1.29 is 116 Å². The van der Waals surface area contributed by atoms with E-state index in [1.807, 2.05) is 4.74 Å². The normalized spacial score (nSPS) is 31.7. The molecule has 0 saturated heterocycles. The van der Waals surface area contributed by atoms with Crippen LogP contribution in [0.25, 0.3) is 0 Å². The molecule has 0 radical (unpaired) electrons. The van der Waals surface area contributed by atoms with Crippen LogP contribution >= 0.6 is 0 Å². The van der Waals surface area contributed by atoms with Gasteiger partial charge >= 0.3 is 53.5 Å². The van der Waals surface area contributed by atoms with Crippen molar-refractivity contribution in [3.05, 3.63) is 0 Å². The van der Waals surface area contributed by atoms with Crippen LogP contribution in [-0.2, 0) is 9.47 Å². The predicted octanol–water partition coefficient (Wildman–Crippen LogP) is 8.30. The van der Waals surface area contributed by atoms with Gasteiger partial charge in [0.1, 0.15) is 32.0 Å². The molecule has 1 aliphatic rings. The van der Waals surface area contributed by atoms with Gasteiger partial charge in [-0.15, -0.1) is 0 Å². The van der Waals surface area contributed by atoms with Gasteiger partial charge in [0.05, 0.1) is 0 Å². The number of aliphatic hydroxyl groups excluding tert-OH is 1. The Kier molecular flexibility index (Phi) is 10.3. The summed E-state index contributed by atoms with van der Waals surface area (Å²) in [7, 11) is 0. The van der Waals surface area contributed by atoms with Gasteiger partial charge in [0, 0.05) is 6.92 Å². The third-order valence-corrected chi connectivity index (χ3v) is 7.49. The molecule has 1 N–H and O–H groups in total. The highest BCUT2D eigenvalue weighted by Gasteiger charge is 3.04. The molecule has 0 spiro atoms. The van der Waals surface area contributed by atoms with Crippen LogP contribution in [0.3, 0.4) is 0 Å². The van der Waals surface area contributed by atoms with Crippen molar-refractivity contribution in [2.45, 2.75) is 85.7 Å². The monoisotopic (exact) mass is 742 g/mol. The van der Waals surface area contributed by atoms with Gasteiger partial charge in [-0.3, -0.25) is 4.39 Å². The molecule has 3 atom stereocenters. The molecule has 0 amide bonds. The molecule has 46 heavy (non-hydrogen) atoms. The van der Waals surface area contributed by atoms with Gasteiger partial charge in [0.25, 0.3) is 11.8 Å². The summed E-state index contributed by atoms with van der Waals surface area (Å²) < 4.78 is 340. The smallest absolute Gasteiger partial charge is 0.387 e. The molecule has 1 saturated carbocycles. The number of ether oxygens (including phenoxy) is 2. The van der Waals surface area contributed by atoms with Crippen LogP contribution in [0.15, 0.2) is 0 Å².